The molecule has 0 atom stereocenters. The Kier molecular flexibility index (Phi) is 3.49. The average Bonchev–Trinajstić information content (AvgIpc) is 2.95. The zero-order valence-corrected chi connectivity index (χ0v) is 11.1. The summed E-state index contributed by atoms with van der Waals surface area (Å²) in [6.07, 6.45) is 1.96. The van der Waals surface area contributed by atoms with Crippen LogP contribution in [0.5, 0.6) is 0 Å². The van der Waals surface area contributed by atoms with Gasteiger partial charge in [0, 0.05) is 24.8 Å². The molecule has 0 bridgehead atoms. The normalized spacial score (nSPS) is 10.6. The second kappa shape index (κ2) is 5.60. The van der Waals surface area contributed by atoms with Crippen molar-refractivity contribution in [3.05, 3.63) is 71.4 Å². The highest BCUT2D eigenvalue weighted by molar-refractivity contribution is 5.79. The average molecular weight is 261 g/mol. The Hall–Kier alpha value is -2.57. The second-order valence-electron chi connectivity index (χ2n) is 4.81. The number of aromatic amines is 1. The lowest BCUT2D eigenvalue weighted by molar-refractivity contribution is 0.694. The maximum absolute atomic E-state index is 8.75. The van der Waals surface area contributed by atoms with Crippen molar-refractivity contribution >= 4 is 10.9 Å². The molecule has 0 radical (unpaired) electrons. The van der Waals surface area contributed by atoms with E-state index in [0.717, 1.165) is 13.1 Å². The van der Waals surface area contributed by atoms with Gasteiger partial charge in [-0.2, -0.15) is 5.26 Å². The summed E-state index contributed by atoms with van der Waals surface area (Å²) in [6, 6.07) is 18.3. The van der Waals surface area contributed by atoms with E-state index in [9.17, 15) is 0 Å². The van der Waals surface area contributed by atoms with Crippen molar-refractivity contribution in [2.75, 3.05) is 0 Å². The molecule has 98 valence electrons. The zero-order valence-electron chi connectivity index (χ0n) is 11.1. The predicted molar refractivity (Wildman–Crippen MR) is 80.0 cm³/mol. The Morgan fingerprint density at radius 2 is 1.70 bits per heavy atom. The Morgan fingerprint density at radius 3 is 2.50 bits per heavy atom. The maximum atomic E-state index is 8.75. The van der Waals surface area contributed by atoms with Gasteiger partial charge in [-0.25, -0.2) is 0 Å². The molecule has 3 aromatic rings. The topological polar surface area (TPSA) is 51.6 Å². The molecule has 0 amide bonds. The fraction of sp³-hybridized carbons (Fsp3) is 0.118. The molecule has 2 N–H and O–H groups in total. The summed E-state index contributed by atoms with van der Waals surface area (Å²) in [7, 11) is 0. The smallest absolute Gasteiger partial charge is 0.0991 e. The van der Waals surface area contributed by atoms with Crippen molar-refractivity contribution in [2.24, 2.45) is 0 Å². The van der Waals surface area contributed by atoms with E-state index in [1.807, 2.05) is 30.5 Å². The molecule has 3 nitrogen and oxygen atoms in total. The van der Waals surface area contributed by atoms with Crippen molar-refractivity contribution in [3.8, 4) is 6.07 Å². The van der Waals surface area contributed by atoms with Crippen LogP contribution in [-0.4, -0.2) is 4.98 Å². The lowest BCUT2D eigenvalue weighted by Gasteiger charge is -2.05. The Morgan fingerprint density at radius 1 is 0.950 bits per heavy atom. The van der Waals surface area contributed by atoms with Gasteiger partial charge < -0.3 is 10.3 Å². The van der Waals surface area contributed by atoms with E-state index in [2.05, 4.69) is 40.6 Å². The molecule has 0 spiro atoms. The van der Waals surface area contributed by atoms with Gasteiger partial charge in [-0.15, -0.1) is 0 Å². The third-order valence-electron chi connectivity index (χ3n) is 3.36. The number of H-pyrrole nitrogens is 1. The number of hydrogen-bond acceptors (Lipinski definition) is 2. The second-order valence-corrected chi connectivity index (χ2v) is 4.81. The van der Waals surface area contributed by atoms with Crippen LogP contribution in [0, 0.1) is 11.3 Å². The van der Waals surface area contributed by atoms with Crippen LogP contribution in [0.25, 0.3) is 10.9 Å². The number of nitrogens with one attached hydrogen (secondary N) is 2. The number of nitrogens with zero attached hydrogens (tertiary/aromatic N) is 1. The molecule has 1 heterocycles. The number of rotatable bonds is 4. The van der Waals surface area contributed by atoms with Crippen molar-refractivity contribution in [3.63, 3.8) is 0 Å². The molecule has 0 saturated carbocycles. The summed E-state index contributed by atoms with van der Waals surface area (Å²) in [6.45, 7) is 1.63. The van der Waals surface area contributed by atoms with Gasteiger partial charge in [-0.3, -0.25) is 0 Å². The quantitative estimate of drug-likeness (QED) is 0.757. The minimum absolute atomic E-state index is 0.700. The van der Waals surface area contributed by atoms with Crippen LogP contribution in [0.15, 0.2) is 54.7 Å². The van der Waals surface area contributed by atoms with Crippen LogP contribution in [0.2, 0.25) is 0 Å². The standard InChI is InChI=1S/C17H15N3/c18-10-13-1-3-14(4-2-13)11-19-12-15-5-6-16-7-8-20-17(16)9-15/h1-9,19-20H,11-12H2. The SMILES string of the molecule is N#Cc1ccc(CNCc2ccc3cc[nH]c3c2)cc1. The van der Waals surface area contributed by atoms with Crippen LogP contribution >= 0.6 is 0 Å². The van der Waals surface area contributed by atoms with Gasteiger partial charge in [0.05, 0.1) is 11.6 Å². The Labute approximate surface area is 117 Å². The van der Waals surface area contributed by atoms with Gasteiger partial charge in [0.15, 0.2) is 0 Å². The number of aromatic nitrogens is 1. The Bertz CT molecular complexity index is 748. The van der Waals surface area contributed by atoms with Gasteiger partial charge in [0.25, 0.3) is 0 Å². The van der Waals surface area contributed by atoms with Crippen LogP contribution in [-0.2, 0) is 13.1 Å². The molecular formula is C17H15N3. The van der Waals surface area contributed by atoms with Crippen molar-refractivity contribution in [1.82, 2.24) is 10.3 Å². The predicted octanol–water partition coefficient (Wildman–Crippen LogP) is 3.33. The van der Waals surface area contributed by atoms with Gasteiger partial charge in [-0.05, 0) is 40.8 Å². The molecule has 3 heteroatoms. The number of nitriles is 1. The monoisotopic (exact) mass is 261 g/mol. The van der Waals surface area contributed by atoms with Crippen molar-refractivity contribution < 1.29 is 0 Å². The van der Waals surface area contributed by atoms with Crippen LogP contribution in [0.3, 0.4) is 0 Å². The number of hydrogen-bond donors (Lipinski definition) is 2. The van der Waals surface area contributed by atoms with Crippen molar-refractivity contribution in [1.29, 1.82) is 5.26 Å². The molecule has 0 aliphatic carbocycles. The summed E-state index contributed by atoms with van der Waals surface area (Å²) in [5, 5.41) is 13.4. The molecule has 0 fully saturated rings. The molecular weight excluding hydrogens is 246 g/mol. The van der Waals surface area contributed by atoms with Gasteiger partial charge in [-0.1, -0.05) is 24.3 Å². The summed E-state index contributed by atoms with van der Waals surface area (Å²) < 4.78 is 0. The lowest BCUT2D eigenvalue weighted by atomic mass is 10.1. The number of fused-ring (bicyclic) bond motifs is 1. The first-order chi connectivity index (χ1) is 9.85. The van der Waals surface area contributed by atoms with E-state index in [-0.39, 0.29) is 0 Å². The van der Waals surface area contributed by atoms with E-state index in [4.69, 9.17) is 5.26 Å². The summed E-state index contributed by atoms with van der Waals surface area (Å²) >= 11 is 0. The van der Waals surface area contributed by atoms with E-state index < -0.39 is 0 Å². The van der Waals surface area contributed by atoms with Crippen LogP contribution in [0.4, 0.5) is 0 Å². The maximum Gasteiger partial charge on any atom is 0.0991 e. The first kappa shape index (κ1) is 12.5. The Balaban J connectivity index is 1.60. The third-order valence-corrected chi connectivity index (χ3v) is 3.36. The highest BCUT2D eigenvalue weighted by Crippen LogP contribution is 2.14. The molecule has 2 aromatic carbocycles. The molecule has 0 aliphatic rings. The van der Waals surface area contributed by atoms with Crippen molar-refractivity contribution in [2.45, 2.75) is 13.1 Å². The summed E-state index contributed by atoms with van der Waals surface area (Å²) in [4.78, 5) is 3.22. The first-order valence-corrected chi connectivity index (χ1v) is 6.61. The molecule has 0 unspecified atom stereocenters. The lowest BCUT2D eigenvalue weighted by Crippen LogP contribution is -2.12. The van der Waals surface area contributed by atoms with Gasteiger partial charge in [0.2, 0.25) is 0 Å². The summed E-state index contributed by atoms with van der Waals surface area (Å²) in [5.41, 5.74) is 4.31. The fourth-order valence-corrected chi connectivity index (χ4v) is 2.25. The van der Waals surface area contributed by atoms with Crippen LogP contribution < -0.4 is 5.32 Å². The fourth-order valence-electron chi connectivity index (χ4n) is 2.25. The third kappa shape index (κ3) is 2.71. The van der Waals surface area contributed by atoms with E-state index in [0.29, 0.717) is 5.56 Å². The highest BCUT2D eigenvalue weighted by atomic mass is 14.8. The molecule has 0 aliphatic heterocycles. The van der Waals surface area contributed by atoms with Gasteiger partial charge >= 0.3 is 0 Å². The summed E-state index contributed by atoms with van der Waals surface area (Å²) in [5.74, 6) is 0. The minimum Gasteiger partial charge on any atom is -0.361 e. The molecule has 3 rings (SSSR count). The largest absolute Gasteiger partial charge is 0.361 e. The minimum atomic E-state index is 0.700. The zero-order chi connectivity index (χ0) is 13.8. The first-order valence-electron chi connectivity index (χ1n) is 6.61. The molecule has 20 heavy (non-hydrogen) atoms. The number of benzene rings is 2. The van der Waals surface area contributed by atoms with E-state index >= 15 is 0 Å². The van der Waals surface area contributed by atoms with Crippen LogP contribution in [0.1, 0.15) is 16.7 Å². The van der Waals surface area contributed by atoms with E-state index in [1.165, 1.54) is 22.0 Å². The van der Waals surface area contributed by atoms with E-state index in [1.54, 1.807) is 0 Å². The molecule has 0 saturated heterocycles. The molecule has 1 aromatic heterocycles. The van der Waals surface area contributed by atoms with Gasteiger partial charge in [0.1, 0.15) is 0 Å². The highest BCUT2D eigenvalue weighted by Gasteiger charge is 1.98.